The molecule has 0 saturated heterocycles. The summed E-state index contributed by atoms with van der Waals surface area (Å²) in [6.07, 6.45) is -5.55. The minimum atomic E-state index is -4.73. The average molecular weight is 348 g/mol. The lowest BCUT2D eigenvalue weighted by molar-refractivity contribution is -0.0816. The van der Waals surface area contributed by atoms with Crippen LogP contribution in [0.4, 0.5) is 13.2 Å². The van der Waals surface area contributed by atoms with Crippen molar-refractivity contribution >= 4 is 11.6 Å². The van der Waals surface area contributed by atoms with E-state index in [-0.39, 0.29) is 11.1 Å². The highest BCUT2D eigenvalue weighted by molar-refractivity contribution is 5.99. The molecule has 1 aliphatic heterocycles. The molecular formula is C18H15F3N2O2. The second kappa shape index (κ2) is 6.00. The number of hydrogen-bond acceptors (Lipinski definition) is 3. The number of carbonyl (C=O) groups is 1. The van der Waals surface area contributed by atoms with E-state index in [0.29, 0.717) is 5.01 Å². The van der Waals surface area contributed by atoms with E-state index in [2.05, 4.69) is 5.10 Å². The molecule has 0 aromatic heterocycles. The third-order valence-corrected chi connectivity index (χ3v) is 4.01. The second-order valence-electron chi connectivity index (χ2n) is 5.89. The van der Waals surface area contributed by atoms with Crippen molar-refractivity contribution in [2.24, 2.45) is 5.10 Å². The first-order valence-electron chi connectivity index (χ1n) is 7.55. The van der Waals surface area contributed by atoms with Crippen LogP contribution in [0.1, 0.15) is 27.9 Å². The van der Waals surface area contributed by atoms with Gasteiger partial charge in [-0.3, -0.25) is 4.79 Å². The SMILES string of the molecule is Cc1cccc(C(=O)N2N=C(C(F)(F)F)C[C@@]2(O)c2ccccc2)c1. The van der Waals surface area contributed by atoms with Crippen LogP contribution < -0.4 is 0 Å². The van der Waals surface area contributed by atoms with Crippen LogP contribution in [0.5, 0.6) is 0 Å². The third-order valence-electron chi connectivity index (χ3n) is 4.01. The van der Waals surface area contributed by atoms with Gasteiger partial charge in [0.2, 0.25) is 0 Å². The zero-order valence-electron chi connectivity index (χ0n) is 13.3. The number of alkyl halides is 3. The van der Waals surface area contributed by atoms with Crippen LogP contribution >= 0.6 is 0 Å². The Morgan fingerprint density at radius 2 is 1.84 bits per heavy atom. The Bertz CT molecular complexity index is 834. The minimum Gasteiger partial charge on any atom is -0.365 e. The van der Waals surface area contributed by atoms with E-state index in [1.807, 2.05) is 0 Å². The Labute approximate surface area is 142 Å². The molecule has 1 aliphatic rings. The number of amides is 1. The average Bonchev–Trinajstić information content (AvgIpc) is 2.94. The second-order valence-corrected chi connectivity index (χ2v) is 5.89. The van der Waals surface area contributed by atoms with E-state index in [4.69, 9.17) is 0 Å². The molecule has 0 radical (unpaired) electrons. The maximum atomic E-state index is 13.1. The summed E-state index contributed by atoms with van der Waals surface area (Å²) in [5.74, 6) is -0.797. The van der Waals surface area contributed by atoms with Crippen LogP contribution in [-0.2, 0) is 5.72 Å². The number of aryl methyl sites for hydroxylation is 1. The van der Waals surface area contributed by atoms with E-state index in [9.17, 15) is 23.1 Å². The molecule has 7 heteroatoms. The van der Waals surface area contributed by atoms with Crippen molar-refractivity contribution in [1.29, 1.82) is 0 Å². The van der Waals surface area contributed by atoms with Crippen LogP contribution in [-0.4, -0.2) is 27.9 Å². The molecule has 1 atom stereocenters. The Morgan fingerprint density at radius 1 is 1.16 bits per heavy atom. The fourth-order valence-electron chi connectivity index (χ4n) is 2.75. The number of benzene rings is 2. The number of aliphatic hydroxyl groups is 1. The van der Waals surface area contributed by atoms with Crippen LogP contribution in [0.25, 0.3) is 0 Å². The molecule has 25 heavy (non-hydrogen) atoms. The van der Waals surface area contributed by atoms with Gasteiger partial charge in [0.1, 0.15) is 5.71 Å². The quantitative estimate of drug-likeness (QED) is 0.901. The number of rotatable bonds is 2. The van der Waals surface area contributed by atoms with Gasteiger partial charge in [0.05, 0.1) is 6.42 Å². The minimum absolute atomic E-state index is 0.154. The lowest BCUT2D eigenvalue weighted by atomic mass is 9.96. The summed E-state index contributed by atoms with van der Waals surface area (Å²) in [6, 6.07) is 14.1. The van der Waals surface area contributed by atoms with E-state index in [1.54, 1.807) is 37.3 Å². The number of hydrazone groups is 1. The molecule has 0 saturated carbocycles. The summed E-state index contributed by atoms with van der Waals surface area (Å²) in [6.45, 7) is 1.76. The summed E-state index contributed by atoms with van der Waals surface area (Å²) in [5.41, 5.74) is -2.29. The summed E-state index contributed by atoms with van der Waals surface area (Å²) < 4.78 is 39.4. The van der Waals surface area contributed by atoms with Gasteiger partial charge < -0.3 is 5.11 Å². The van der Waals surface area contributed by atoms with Crippen LogP contribution in [0.3, 0.4) is 0 Å². The molecule has 3 rings (SSSR count). The first-order valence-corrected chi connectivity index (χ1v) is 7.55. The standard InChI is InChI=1S/C18H15F3N2O2/c1-12-6-5-7-13(10-12)16(24)23-17(25,14-8-3-2-4-9-14)11-15(22-23)18(19,20)21/h2-10,25H,11H2,1H3/t17-/m1/s1. The predicted octanol–water partition coefficient (Wildman–Crippen LogP) is 3.60. The smallest absolute Gasteiger partial charge is 0.365 e. The molecule has 130 valence electrons. The Hall–Kier alpha value is -2.67. The Balaban J connectivity index is 2.08. The van der Waals surface area contributed by atoms with Gasteiger partial charge in [0, 0.05) is 11.1 Å². The highest BCUT2D eigenvalue weighted by Crippen LogP contribution is 2.40. The first-order chi connectivity index (χ1) is 11.7. The van der Waals surface area contributed by atoms with E-state index in [1.165, 1.54) is 24.3 Å². The van der Waals surface area contributed by atoms with Crippen molar-refractivity contribution < 1.29 is 23.1 Å². The highest BCUT2D eigenvalue weighted by atomic mass is 19.4. The van der Waals surface area contributed by atoms with Crippen molar-refractivity contribution in [3.63, 3.8) is 0 Å². The summed E-state index contributed by atoms with van der Waals surface area (Å²) in [7, 11) is 0. The van der Waals surface area contributed by atoms with Gasteiger partial charge >= 0.3 is 6.18 Å². The van der Waals surface area contributed by atoms with Gasteiger partial charge in [-0.05, 0) is 19.1 Å². The number of hydrogen-bond donors (Lipinski definition) is 1. The van der Waals surface area contributed by atoms with Gasteiger partial charge in [-0.15, -0.1) is 0 Å². The third kappa shape index (κ3) is 3.15. The van der Waals surface area contributed by atoms with Crippen LogP contribution in [0.2, 0.25) is 0 Å². The Morgan fingerprint density at radius 3 is 2.44 bits per heavy atom. The number of halogens is 3. The first kappa shape index (κ1) is 17.2. The van der Waals surface area contributed by atoms with Crippen LogP contribution in [0.15, 0.2) is 59.7 Å². The maximum Gasteiger partial charge on any atom is 0.431 e. The zero-order valence-corrected chi connectivity index (χ0v) is 13.3. The van der Waals surface area contributed by atoms with Gasteiger partial charge in [0.25, 0.3) is 5.91 Å². The largest absolute Gasteiger partial charge is 0.431 e. The molecule has 1 heterocycles. The molecule has 0 bridgehead atoms. The van der Waals surface area contributed by atoms with Crippen molar-refractivity contribution in [3.05, 3.63) is 71.3 Å². The molecule has 0 aliphatic carbocycles. The molecule has 4 nitrogen and oxygen atoms in total. The summed E-state index contributed by atoms with van der Waals surface area (Å²) >= 11 is 0. The maximum absolute atomic E-state index is 13.1. The molecule has 2 aromatic carbocycles. The van der Waals surface area contributed by atoms with Gasteiger partial charge in [-0.25, -0.2) is 0 Å². The van der Waals surface area contributed by atoms with Gasteiger partial charge in [0.15, 0.2) is 5.72 Å². The fourth-order valence-corrected chi connectivity index (χ4v) is 2.75. The monoisotopic (exact) mass is 348 g/mol. The molecule has 0 unspecified atom stereocenters. The number of carbonyl (C=O) groups excluding carboxylic acids is 1. The number of nitrogens with zero attached hydrogens (tertiary/aromatic N) is 2. The van der Waals surface area contributed by atoms with Crippen molar-refractivity contribution in [2.75, 3.05) is 0 Å². The van der Waals surface area contributed by atoms with Crippen molar-refractivity contribution in [1.82, 2.24) is 5.01 Å². The van der Waals surface area contributed by atoms with Crippen molar-refractivity contribution in [2.45, 2.75) is 25.2 Å². The van der Waals surface area contributed by atoms with Crippen molar-refractivity contribution in [3.8, 4) is 0 Å². The fraction of sp³-hybridized carbons (Fsp3) is 0.222. The lowest BCUT2D eigenvalue weighted by Crippen LogP contribution is -2.43. The molecule has 1 N–H and O–H groups in total. The van der Waals surface area contributed by atoms with Crippen LogP contribution in [0, 0.1) is 6.92 Å². The molecule has 0 fully saturated rings. The zero-order chi connectivity index (χ0) is 18.2. The van der Waals surface area contributed by atoms with Gasteiger partial charge in [-0.2, -0.15) is 23.3 Å². The molecule has 0 spiro atoms. The molecule has 1 amide bonds. The topological polar surface area (TPSA) is 52.9 Å². The normalized spacial score (nSPS) is 20.5. The lowest BCUT2D eigenvalue weighted by Gasteiger charge is -2.31. The van der Waals surface area contributed by atoms with E-state index in [0.717, 1.165) is 5.56 Å². The molecular weight excluding hydrogens is 333 g/mol. The Kier molecular flexibility index (Phi) is 4.12. The van der Waals surface area contributed by atoms with Gasteiger partial charge in [-0.1, -0.05) is 48.0 Å². The van der Waals surface area contributed by atoms with E-state index >= 15 is 0 Å². The van der Waals surface area contributed by atoms with E-state index < -0.39 is 29.9 Å². The highest BCUT2D eigenvalue weighted by Gasteiger charge is 2.53. The summed E-state index contributed by atoms with van der Waals surface area (Å²) in [5, 5.41) is 14.9. The predicted molar refractivity (Wildman–Crippen MR) is 85.8 cm³/mol. The summed E-state index contributed by atoms with van der Waals surface area (Å²) in [4.78, 5) is 12.8. The molecule has 2 aromatic rings.